The molecule has 0 atom stereocenters. The van der Waals surface area contributed by atoms with Crippen LogP contribution in [0, 0.1) is 0 Å². The van der Waals surface area contributed by atoms with Crippen LogP contribution in [0.25, 0.3) is 44.2 Å². The van der Waals surface area contributed by atoms with Crippen molar-refractivity contribution in [3.63, 3.8) is 0 Å². The second-order valence-corrected chi connectivity index (χ2v) is 13.2. The molecule has 3 heterocycles. The summed E-state index contributed by atoms with van der Waals surface area (Å²) in [5.74, 6) is 0. The predicted octanol–water partition coefficient (Wildman–Crippen LogP) is 10.9. The van der Waals surface area contributed by atoms with Crippen molar-refractivity contribution in [1.29, 1.82) is 0 Å². The maximum absolute atomic E-state index is 13.2. The summed E-state index contributed by atoms with van der Waals surface area (Å²) in [6, 6.07) is 44.3. The molecule has 44 heavy (non-hydrogen) atoms. The Labute approximate surface area is 259 Å². The van der Waals surface area contributed by atoms with Gasteiger partial charge in [-0.25, -0.2) is 0 Å². The van der Waals surface area contributed by atoms with Crippen LogP contribution in [0.4, 0.5) is 17.1 Å². The lowest BCUT2D eigenvalue weighted by Gasteiger charge is -2.45. The summed E-state index contributed by atoms with van der Waals surface area (Å²) in [5, 5.41) is 1.21. The molecule has 9 rings (SSSR count). The Kier molecular flexibility index (Phi) is 5.33. The van der Waals surface area contributed by atoms with Crippen molar-refractivity contribution in [3.8, 4) is 22.3 Å². The van der Waals surface area contributed by atoms with Gasteiger partial charge >= 0.3 is 0 Å². The summed E-state index contributed by atoms with van der Waals surface area (Å²) in [6.07, 6.45) is 0. The minimum atomic E-state index is -0.0684. The molecule has 2 aliphatic rings. The average Bonchev–Trinajstić information content (AvgIpc) is 3.06. The quantitative estimate of drug-likeness (QED) is 0.189. The van der Waals surface area contributed by atoms with Crippen molar-refractivity contribution in [1.82, 2.24) is 0 Å². The minimum Gasteiger partial charge on any atom is -0.456 e. The number of benzene rings is 6. The van der Waals surface area contributed by atoms with Gasteiger partial charge in [-0.2, -0.15) is 0 Å². The Morgan fingerprint density at radius 1 is 0.568 bits per heavy atom. The molecule has 2 aliphatic heterocycles. The fourth-order valence-corrected chi connectivity index (χ4v) is 8.10. The van der Waals surface area contributed by atoms with E-state index in [0.717, 1.165) is 16.7 Å². The molecule has 0 unspecified atom stereocenters. The Bertz CT molecular complexity index is 2370. The van der Waals surface area contributed by atoms with Gasteiger partial charge in [0.1, 0.15) is 11.2 Å². The van der Waals surface area contributed by atoms with Gasteiger partial charge < -0.3 is 9.32 Å². The fraction of sp³-hybridized carbons (Fsp3) is 0.0750. The van der Waals surface area contributed by atoms with Crippen molar-refractivity contribution < 1.29 is 4.42 Å². The number of rotatable bonds is 2. The number of hydrogen-bond donors (Lipinski definition) is 0. The third kappa shape index (κ3) is 3.61. The summed E-state index contributed by atoms with van der Waals surface area (Å²) in [7, 11) is 0. The van der Waals surface area contributed by atoms with Crippen LogP contribution in [-0.2, 0) is 5.41 Å². The number of para-hydroxylation sites is 3. The van der Waals surface area contributed by atoms with Crippen LogP contribution in [0.5, 0.6) is 0 Å². The zero-order chi connectivity index (χ0) is 29.6. The Hall–Kier alpha value is -5.06. The first-order valence-electron chi connectivity index (χ1n) is 14.9. The van der Waals surface area contributed by atoms with Gasteiger partial charge in [0.2, 0.25) is 5.43 Å². The van der Waals surface area contributed by atoms with Crippen LogP contribution < -0.4 is 10.3 Å². The summed E-state index contributed by atoms with van der Waals surface area (Å²) in [4.78, 5) is 18.2. The molecular weight excluding hydrogens is 559 g/mol. The molecule has 210 valence electrons. The first-order valence-corrected chi connectivity index (χ1v) is 15.7. The van der Waals surface area contributed by atoms with E-state index >= 15 is 0 Å². The lowest BCUT2D eigenvalue weighted by molar-refractivity contribution is 0.628. The van der Waals surface area contributed by atoms with Gasteiger partial charge in [0.25, 0.3) is 0 Å². The smallest absolute Gasteiger partial charge is 0.200 e. The molecule has 0 radical (unpaired) electrons. The van der Waals surface area contributed by atoms with Crippen molar-refractivity contribution in [3.05, 3.63) is 149 Å². The van der Waals surface area contributed by atoms with E-state index in [4.69, 9.17) is 4.42 Å². The fourth-order valence-electron chi connectivity index (χ4n) is 6.97. The second kappa shape index (κ2) is 9.22. The van der Waals surface area contributed by atoms with E-state index < -0.39 is 0 Å². The summed E-state index contributed by atoms with van der Waals surface area (Å²) in [5.41, 5.74) is 12.0. The number of nitrogens with zero attached hydrogens (tertiary/aromatic N) is 1. The van der Waals surface area contributed by atoms with Gasteiger partial charge in [-0.1, -0.05) is 104 Å². The van der Waals surface area contributed by atoms with Crippen molar-refractivity contribution in [2.45, 2.75) is 29.1 Å². The Morgan fingerprint density at radius 2 is 1.23 bits per heavy atom. The van der Waals surface area contributed by atoms with E-state index in [1.165, 1.54) is 43.5 Å². The summed E-state index contributed by atoms with van der Waals surface area (Å²) in [6.45, 7) is 4.67. The lowest BCUT2D eigenvalue weighted by Crippen LogP contribution is -2.32. The lowest BCUT2D eigenvalue weighted by atomic mass is 9.73. The minimum absolute atomic E-state index is 0.000432. The molecule has 1 aromatic heterocycles. The molecule has 0 spiro atoms. The van der Waals surface area contributed by atoms with Gasteiger partial charge in [-0.15, -0.1) is 0 Å². The zero-order valence-electron chi connectivity index (χ0n) is 24.3. The van der Waals surface area contributed by atoms with Crippen LogP contribution in [0.1, 0.15) is 25.0 Å². The maximum atomic E-state index is 13.2. The summed E-state index contributed by atoms with van der Waals surface area (Å²) >= 11 is 1.86. The van der Waals surface area contributed by atoms with Crippen LogP contribution in [0.3, 0.4) is 0 Å². The third-order valence-electron chi connectivity index (χ3n) is 9.26. The first kappa shape index (κ1) is 25.4. The Balaban J connectivity index is 1.10. The molecule has 0 aliphatic carbocycles. The maximum Gasteiger partial charge on any atom is 0.200 e. The van der Waals surface area contributed by atoms with E-state index in [2.05, 4.69) is 104 Å². The van der Waals surface area contributed by atoms with E-state index in [1.54, 1.807) is 0 Å². The Morgan fingerprint density at radius 3 is 2.07 bits per heavy atom. The van der Waals surface area contributed by atoms with E-state index in [1.807, 2.05) is 54.2 Å². The van der Waals surface area contributed by atoms with Crippen LogP contribution >= 0.6 is 11.8 Å². The molecule has 0 bridgehead atoms. The zero-order valence-corrected chi connectivity index (χ0v) is 25.1. The van der Waals surface area contributed by atoms with Gasteiger partial charge in [-0.05, 0) is 81.9 Å². The molecule has 0 fully saturated rings. The molecule has 4 heteroatoms. The SMILES string of the molecule is CC1(C)c2ccccc2N2c3ccc(-c4ccc(-c5ccc6oc7ccccc7c(=O)c6c5)cc4)cc3Sc3cccc1c32. The second-order valence-electron chi connectivity index (χ2n) is 12.1. The van der Waals surface area contributed by atoms with Gasteiger partial charge in [0.15, 0.2) is 0 Å². The average molecular weight is 586 g/mol. The predicted molar refractivity (Wildman–Crippen MR) is 182 cm³/mol. The van der Waals surface area contributed by atoms with E-state index in [0.29, 0.717) is 21.9 Å². The third-order valence-corrected chi connectivity index (χ3v) is 10.4. The highest BCUT2D eigenvalue weighted by Crippen LogP contribution is 2.60. The normalized spacial score (nSPS) is 14.3. The van der Waals surface area contributed by atoms with Crippen molar-refractivity contribution in [2.75, 3.05) is 4.90 Å². The molecule has 0 saturated heterocycles. The molecule has 7 aromatic rings. The standard InChI is InChI=1S/C40H27NO2S/c1-40(2)30-9-4-5-11-32(30)41-33-20-18-27(23-37(33)44-36-13-7-10-31(40)38(36)41)25-16-14-24(15-17-25)26-19-21-35-29(22-26)39(42)28-8-3-6-12-34(28)43-35/h3-23H,1-2H3. The van der Waals surface area contributed by atoms with Crippen LogP contribution in [0.2, 0.25) is 0 Å². The van der Waals surface area contributed by atoms with Gasteiger partial charge in [-0.3, -0.25) is 4.79 Å². The van der Waals surface area contributed by atoms with E-state index in [-0.39, 0.29) is 10.8 Å². The highest BCUT2D eigenvalue weighted by Gasteiger charge is 2.40. The van der Waals surface area contributed by atoms with Gasteiger partial charge in [0.05, 0.1) is 27.8 Å². The number of fused-ring (bicyclic) bond motifs is 6. The van der Waals surface area contributed by atoms with Crippen LogP contribution in [-0.4, -0.2) is 0 Å². The van der Waals surface area contributed by atoms with Gasteiger partial charge in [0, 0.05) is 15.2 Å². The molecule has 0 amide bonds. The van der Waals surface area contributed by atoms with E-state index in [9.17, 15) is 4.79 Å². The van der Waals surface area contributed by atoms with Crippen molar-refractivity contribution >= 4 is 50.8 Å². The first-order chi connectivity index (χ1) is 21.5. The van der Waals surface area contributed by atoms with Crippen molar-refractivity contribution in [2.24, 2.45) is 0 Å². The molecule has 0 N–H and O–H groups in total. The number of anilines is 3. The molecular formula is C40H27NO2S. The monoisotopic (exact) mass is 585 g/mol. The molecule has 6 aromatic carbocycles. The molecule has 3 nitrogen and oxygen atoms in total. The highest BCUT2D eigenvalue weighted by molar-refractivity contribution is 7.99. The number of hydrogen-bond acceptors (Lipinski definition) is 4. The summed E-state index contributed by atoms with van der Waals surface area (Å²) < 4.78 is 6.01. The highest BCUT2D eigenvalue weighted by atomic mass is 32.2. The topological polar surface area (TPSA) is 33.5 Å². The largest absolute Gasteiger partial charge is 0.456 e. The molecule has 0 saturated carbocycles. The van der Waals surface area contributed by atoms with Crippen LogP contribution in [0.15, 0.2) is 146 Å².